The molecule has 8 nitrogen and oxygen atoms in total. The van der Waals surface area contributed by atoms with Gasteiger partial charge in [0.05, 0.1) is 11.7 Å². The molecule has 0 spiro atoms. The molecule has 2 unspecified atom stereocenters. The molecule has 5 atom stereocenters. The second-order valence-electron chi connectivity index (χ2n) is 10.6. The number of phenols is 1. The zero-order valence-electron chi connectivity index (χ0n) is 20.9. The third-order valence-corrected chi connectivity index (χ3v) is 8.56. The Labute approximate surface area is 224 Å². The predicted molar refractivity (Wildman–Crippen MR) is 142 cm³/mol. The average molecular weight is 526 g/mol. The molecular formula is C31H27NO7. The van der Waals surface area contributed by atoms with Crippen LogP contribution in [0.5, 0.6) is 5.75 Å². The number of rotatable bonds is 3. The first-order valence-electron chi connectivity index (χ1n) is 12.9. The van der Waals surface area contributed by atoms with Crippen molar-refractivity contribution < 1.29 is 34.8 Å². The minimum atomic E-state index is -2.53. The van der Waals surface area contributed by atoms with Crippen molar-refractivity contribution in [2.75, 3.05) is 0 Å². The zero-order valence-corrected chi connectivity index (χ0v) is 20.9. The van der Waals surface area contributed by atoms with E-state index in [9.17, 15) is 34.8 Å². The number of hydrogen-bond donors (Lipinski definition) is 5. The zero-order chi connectivity index (χ0) is 27.6. The predicted octanol–water partition coefficient (Wildman–Crippen LogP) is 3.08. The lowest BCUT2D eigenvalue weighted by Gasteiger charge is -2.48. The minimum absolute atomic E-state index is 0.00444. The number of nitrogens with two attached hydrogens (primary N) is 1. The molecule has 6 N–H and O–H groups in total. The largest absolute Gasteiger partial charge is 0.508 e. The molecule has 0 radical (unpaired) electrons. The standard InChI is InChI=1S/C31H27NO7/c32-30(38)25-22(33)13-18-11-17-12-21-19(15-7-3-1-4-8-15)14-20(16-9-5-2-6-10-16)26(34)24(21)27(35)23(17)28(36)31(18,39)29(25)37/h1-10,14,17-18,22,25,33-34,36,39H,11-13H2,(H2,32,38)/t17-,18+,22?,25?,31+/m1/s1. The lowest BCUT2D eigenvalue weighted by atomic mass is 9.57. The smallest absolute Gasteiger partial charge is 0.230 e. The van der Waals surface area contributed by atoms with E-state index in [4.69, 9.17) is 5.73 Å². The van der Waals surface area contributed by atoms with Crippen LogP contribution in [0, 0.1) is 17.8 Å². The number of ketones is 2. The number of aromatic hydroxyl groups is 1. The molecule has 8 heteroatoms. The third-order valence-electron chi connectivity index (χ3n) is 8.56. The highest BCUT2D eigenvalue weighted by Gasteiger charge is 2.62. The summed E-state index contributed by atoms with van der Waals surface area (Å²) in [7, 11) is 0. The fourth-order valence-corrected chi connectivity index (χ4v) is 6.71. The minimum Gasteiger partial charge on any atom is -0.508 e. The van der Waals surface area contributed by atoms with Gasteiger partial charge in [0.2, 0.25) is 5.91 Å². The van der Waals surface area contributed by atoms with Crippen molar-refractivity contribution in [3.8, 4) is 28.0 Å². The van der Waals surface area contributed by atoms with Gasteiger partial charge >= 0.3 is 0 Å². The van der Waals surface area contributed by atoms with Crippen molar-refractivity contribution in [1.29, 1.82) is 0 Å². The maximum Gasteiger partial charge on any atom is 0.230 e. The first-order valence-corrected chi connectivity index (χ1v) is 12.9. The van der Waals surface area contributed by atoms with Gasteiger partial charge in [-0.05, 0) is 53.5 Å². The van der Waals surface area contributed by atoms with Crippen LogP contribution >= 0.6 is 0 Å². The van der Waals surface area contributed by atoms with Crippen molar-refractivity contribution in [2.45, 2.75) is 31.0 Å². The Morgan fingerprint density at radius 3 is 2.08 bits per heavy atom. The highest BCUT2D eigenvalue weighted by Crippen LogP contribution is 2.53. The second-order valence-corrected chi connectivity index (χ2v) is 10.6. The van der Waals surface area contributed by atoms with Crippen molar-refractivity contribution in [3.05, 3.63) is 89.2 Å². The SMILES string of the molecule is NC(=O)C1C(=O)[C@@]2(O)C(O)=C3C(=O)c4c(O)c(-c5ccccc5)cc(-c5ccccc5)c4C[C@H]3C[C@H]2CC1O. The fourth-order valence-electron chi connectivity index (χ4n) is 6.71. The fraction of sp³-hybridized carbons (Fsp3) is 0.258. The number of carbonyl (C=O) groups excluding carboxylic acids is 3. The molecule has 0 saturated heterocycles. The number of Topliss-reactive ketones (excluding diaryl/α,β-unsaturated/α-hetero) is 2. The summed E-state index contributed by atoms with van der Waals surface area (Å²) in [6.45, 7) is 0. The van der Waals surface area contributed by atoms with Gasteiger partial charge in [-0.3, -0.25) is 14.4 Å². The Morgan fingerprint density at radius 2 is 1.49 bits per heavy atom. The van der Waals surface area contributed by atoms with E-state index in [0.717, 1.165) is 11.1 Å². The summed E-state index contributed by atoms with van der Waals surface area (Å²) in [5.41, 5.74) is 5.96. The molecule has 39 heavy (non-hydrogen) atoms. The van der Waals surface area contributed by atoms with Gasteiger partial charge in [0.25, 0.3) is 0 Å². The number of primary amides is 1. The summed E-state index contributed by atoms with van der Waals surface area (Å²) < 4.78 is 0. The first kappa shape index (κ1) is 25.0. The normalized spacial score (nSPS) is 27.9. The molecule has 0 heterocycles. The summed E-state index contributed by atoms with van der Waals surface area (Å²) >= 11 is 0. The number of hydrogen-bond acceptors (Lipinski definition) is 7. The van der Waals surface area contributed by atoms with E-state index in [1.54, 1.807) is 0 Å². The Balaban J connectivity index is 1.58. The van der Waals surface area contributed by atoms with Gasteiger partial charge in [-0.1, -0.05) is 60.7 Å². The number of carbonyl (C=O) groups is 3. The van der Waals surface area contributed by atoms with E-state index in [-0.39, 0.29) is 36.1 Å². The van der Waals surface area contributed by atoms with Crippen LogP contribution in [0.4, 0.5) is 0 Å². The molecule has 3 aromatic rings. The number of benzene rings is 3. The van der Waals surface area contributed by atoms with Gasteiger partial charge in [-0.2, -0.15) is 0 Å². The highest BCUT2D eigenvalue weighted by molar-refractivity contribution is 6.17. The Morgan fingerprint density at radius 1 is 0.897 bits per heavy atom. The van der Waals surface area contributed by atoms with E-state index in [1.165, 1.54) is 0 Å². The number of allylic oxidation sites excluding steroid dienone is 1. The van der Waals surface area contributed by atoms with Crippen LogP contribution in [0.1, 0.15) is 28.8 Å². The summed E-state index contributed by atoms with van der Waals surface area (Å²) in [5.74, 6) is -7.21. The Bertz CT molecular complexity index is 1560. The van der Waals surface area contributed by atoms with E-state index >= 15 is 0 Å². The van der Waals surface area contributed by atoms with Crippen molar-refractivity contribution in [3.63, 3.8) is 0 Å². The summed E-state index contributed by atoms with van der Waals surface area (Å²) in [4.78, 5) is 39.3. The van der Waals surface area contributed by atoms with E-state index in [2.05, 4.69) is 0 Å². The maximum atomic E-state index is 14.1. The molecule has 0 aliphatic heterocycles. The molecule has 3 aliphatic carbocycles. The Hall–Kier alpha value is -4.27. The van der Waals surface area contributed by atoms with Gasteiger partial charge < -0.3 is 26.2 Å². The Kier molecular flexibility index (Phi) is 5.71. The van der Waals surface area contributed by atoms with Gasteiger partial charge in [0.15, 0.2) is 17.2 Å². The lowest BCUT2D eigenvalue weighted by molar-refractivity contribution is -0.167. The molecule has 1 saturated carbocycles. The van der Waals surface area contributed by atoms with Gasteiger partial charge in [-0.15, -0.1) is 0 Å². The summed E-state index contributed by atoms with van der Waals surface area (Å²) in [5, 5.41) is 44.8. The lowest BCUT2D eigenvalue weighted by Crippen LogP contribution is -2.63. The topological polar surface area (TPSA) is 158 Å². The number of amides is 1. The van der Waals surface area contributed by atoms with Crippen LogP contribution in [0.3, 0.4) is 0 Å². The number of fused-ring (bicyclic) bond motifs is 3. The van der Waals surface area contributed by atoms with Crippen LogP contribution in [-0.4, -0.2) is 49.6 Å². The van der Waals surface area contributed by atoms with E-state index < -0.39 is 52.7 Å². The highest BCUT2D eigenvalue weighted by atomic mass is 16.3. The first-order chi connectivity index (χ1) is 18.6. The number of aliphatic hydroxyl groups is 3. The van der Waals surface area contributed by atoms with E-state index in [0.29, 0.717) is 16.7 Å². The van der Waals surface area contributed by atoms with Crippen LogP contribution in [0.2, 0.25) is 0 Å². The van der Waals surface area contributed by atoms with Crippen LogP contribution < -0.4 is 5.73 Å². The molecule has 6 rings (SSSR count). The van der Waals surface area contributed by atoms with Gasteiger partial charge in [0.1, 0.15) is 17.4 Å². The van der Waals surface area contributed by atoms with Crippen molar-refractivity contribution in [1.82, 2.24) is 0 Å². The molecule has 1 fully saturated rings. The van der Waals surface area contributed by atoms with Crippen molar-refractivity contribution in [2.24, 2.45) is 23.5 Å². The monoisotopic (exact) mass is 525 g/mol. The quantitative estimate of drug-likeness (QED) is 0.329. The molecule has 0 aromatic heterocycles. The van der Waals surface area contributed by atoms with Crippen LogP contribution in [-0.2, 0) is 16.0 Å². The maximum absolute atomic E-state index is 14.1. The second kappa shape index (κ2) is 8.90. The molecule has 3 aromatic carbocycles. The molecule has 0 bridgehead atoms. The van der Waals surface area contributed by atoms with Gasteiger partial charge in [0, 0.05) is 17.1 Å². The molecule has 3 aliphatic rings. The van der Waals surface area contributed by atoms with Crippen LogP contribution in [0.25, 0.3) is 22.3 Å². The summed E-state index contributed by atoms with van der Waals surface area (Å²) in [6, 6.07) is 20.4. The number of aliphatic hydroxyl groups excluding tert-OH is 2. The summed E-state index contributed by atoms with van der Waals surface area (Å²) in [6.07, 6.45) is -1.18. The average Bonchev–Trinajstić information content (AvgIpc) is 2.91. The van der Waals surface area contributed by atoms with Crippen molar-refractivity contribution >= 4 is 17.5 Å². The third kappa shape index (κ3) is 3.56. The molecular weight excluding hydrogens is 498 g/mol. The van der Waals surface area contributed by atoms with E-state index in [1.807, 2.05) is 66.7 Å². The molecule has 198 valence electrons. The van der Waals surface area contributed by atoms with Gasteiger partial charge in [-0.25, -0.2) is 0 Å². The van der Waals surface area contributed by atoms with Crippen LogP contribution in [0.15, 0.2) is 78.1 Å². The number of phenolic OH excluding ortho intramolecular Hbond substituents is 1. The molecule has 1 amide bonds.